The van der Waals surface area contributed by atoms with Crippen molar-refractivity contribution in [2.45, 2.75) is 26.8 Å². The molecule has 0 aliphatic heterocycles. The molecule has 0 saturated carbocycles. The third kappa shape index (κ3) is 4.00. The van der Waals surface area contributed by atoms with Crippen molar-refractivity contribution in [3.63, 3.8) is 0 Å². The SMILES string of the molecule is CCc1ccc(NC(=O)Cn2cc(-c3nc(C)no3)ccc2=O)cc1. The van der Waals surface area contributed by atoms with Gasteiger partial charge in [0.05, 0.1) is 5.56 Å². The van der Waals surface area contributed by atoms with Gasteiger partial charge in [0.1, 0.15) is 6.54 Å². The monoisotopic (exact) mass is 338 g/mol. The van der Waals surface area contributed by atoms with E-state index in [1.54, 1.807) is 13.0 Å². The van der Waals surface area contributed by atoms with Gasteiger partial charge in [-0.05, 0) is 37.1 Å². The smallest absolute Gasteiger partial charge is 0.259 e. The molecule has 0 saturated heterocycles. The minimum Gasteiger partial charge on any atom is -0.334 e. The van der Waals surface area contributed by atoms with Crippen LogP contribution in [0.1, 0.15) is 18.3 Å². The van der Waals surface area contributed by atoms with Crippen LogP contribution in [0.25, 0.3) is 11.5 Å². The number of pyridine rings is 1. The molecule has 25 heavy (non-hydrogen) atoms. The molecule has 1 N–H and O–H groups in total. The number of benzene rings is 1. The number of rotatable bonds is 5. The number of nitrogens with zero attached hydrogens (tertiary/aromatic N) is 3. The van der Waals surface area contributed by atoms with E-state index in [9.17, 15) is 9.59 Å². The van der Waals surface area contributed by atoms with Crippen LogP contribution in [-0.2, 0) is 17.8 Å². The Morgan fingerprint density at radius 2 is 1.96 bits per heavy atom. The first-order valence-corrected chi connectivity index (χ1v) is 7.95. The molecule has 0 aliphatic rings. The van der Waals surface area contributed by atoms with E-state index in [1.807, 2.05) is 24.3 Å². The quantitative estimate of drug-likeness (QED) is 0.771. The highest BCUT2D eigenvalue weighted by Crippen LogP contribution is 2.15. The summed E-state index contributed by atoms with van der Waals surface area (Å²) in [5.41, 5.74) is 2.19. The largest absolute Gasteiger partial charge is 0.334 e. The standard InChI is InChI=1S/C18H18N4O3/c1-3-13-4-7-15(8-5-13)20-16(23)11-22-10-14(6-9-17(22)24)18-19-12(2)21-25-18/h4-10H,3,11H2,1-2H3,(H,20,23). The van der Waals surface area contributed by atoms with Gasteiger partial charge in [-0.3, -0.25) is 9.59 Å². The predicted molar refractivity (Wildman–Crippen MR) is 93.2 cm³/mol. The lowest BCUT2D eigenvalue weighted by Gasteiger charge is -2.08. The number of hydrogen-bond donors (Lipinski definition) is 1. The first kappa shape index (κ1) is 16.6. The summed E-state index contributed by atoms with van der Waals surface area (Å²) in [6.07, 6.45) is 2.47. The highest BCUT2D eigenvalue weighted by atomic mass is 16.5. The van der Waals surface area contributed by atoms with Gasteiger partial charge >= 0.3 is 0 Å². The zero-order valence-corrected chi connectivity index (χ0v) is 14.0. The summed E-state index contributed by atoms with van der Waals surface area (Å²) >= 11 is 0. The molecular formula is C18H18N4O3. The van der Waals surface area contributed by atoms with Gasteiger partial charge in [-0.25, -0.2) is 0 Å². The molecule has 7 nitrogen and oxygen atoms in total. The highest BCUT2D eigenvalue weighted by molar-refractivity contribution is 5.90. The van der Waals surface area contributed by atoms with Crippen LogP contribution in [0.15, 0.2) is 51.9 Å². The maximum Gasteiger partial charge on any atom is 0.259 e. The van der Waals surface area contributed by atoms with E-state index in [-0.39, 0.29) is 18.0 Å². The van der Waals surface area contributed by atoms with Crippen LogP contribution < -0.4 is 10.9 Å². The molecule has 128 valence electrons. The number of nitrogens with one attached hydrogen (secondary N) is 1. The molecule has 0 fully saturated rings. The number of aryl methyl sites for hydroxylation is 2. The van der Waals surface area contributed by atoms with Gasteiger partial charge < -0.3 is 14.4 Å². The molecule has 1 aromatic carbocycles. The van der Waals surface area contributed by atoms with Crippen molar-refractivity contribution in [3.05, 3.63) is 64.3 Å². The second-order valence-electron chi connectivity index (χ2n) is 5.63. The Morgan fingerprint density at radius 1 is 1.20 bits per heavy atom. The van der Waals surface area contributed by atoms with Gasteiger partial charge in [-0.15, -0.1) is 0 Å². The second-order valence-corrected chi connectivity index (χ2v) is 5.63. The van der Waals surface area contributed by atoms with Crippen LogP contribution in [0, 0.1) is 6.92 Å². The summed E-state index contributed by atoms with van der Waals surface area (Å²) in [5.74, 6) is 0.521. The van der Waals surface area contributed by atoms with Crippen molar-refractivity contribution < 1.29 is 9.32 Å². The molecule has 3 rings (SSSR count). The Hall–Kier alpha value is -3.22. The summed E-state index contributed by atoms with van der Waals surface area (Å²) in [7, 11) is 0. The van der Waals surface area contributed by atoms with E-state index in [0.717, 1.165) is 6.42 Å². The average molecular weight is 338 g/mol. The molecule has 0 radical (unpaired) electrons. The molecule has 2 heterocycles. The average Bonchev–Trinajstić information content (AvgIpc) is 3.04. The predicted octanol–water partition coefficient (Wildman–Crippen LogP) is 2.41. The summed E-state index contributed by atoms with van der Waals surface area (Å²) in [6.45, 7) is 3.67. The van der Waals surface area contributed by atoms with Gasteiger partial charge in [0, 0.05) is 18.0 Å². The minimum absolute atomic E-state index is 0.102. The Bertz CT molecular complexity index is 941. The zero-order chi connectivity index (χ0) is 17.8. The number of anilines is 1. The molecule has 0 aliphatic carbocycles. The maximum atomic E-state index is 12.2. The zero-order valence-electron chi connectivity index (χ0n) is 14.0. The van der Waals surface area contributed by atoms with E-state index in [0.29, 0.717) is 23.0 Å². The van der Waals surface area contributed by atoms with Crippen LogP contribution in [0.3, 0.4) is 0 Å². The topological polar surface area (TPSA) is 90.0 Å². The molecule has 0 spiro atoms. The van der Waals surface area contributed by atoms with Crippen molar-refractivity contribution in [3.8, 4) is 11.5 Å². The van der Waals surface area contributed by atoms with Gasteiger partial charge in [0.15, 0.2) is 5.82 Å². The van der Waals surface area contributed by atoms with E-state index in [1.165, 1.54) is 22.4 Å². The molecule has 3 aromatic rings. The molecule has 0 atom stereocenters. The van der Waals surface area contributed by atoms with Crippen molar-refractivity contribution >= 4 is 11.6 Å². The normalized spacial score (nSPS) is 10.6. The fourth-order valence-electron chi connectivity index (χ4n) is 2.37. The van der Waals surface area contributed by atoms with Crippen molar-refractivity contribution in [1.82, 2.24) is 14.7 Å². The van der Waals surface area contributed by atoms with Crippen molar-refractivity contribution in [2.75, 3.05) is 5.32 Å². The Kier molecular flexibility index (Phi) is 4.74. The lowest BCUT2D eigenvalue weighted by Crippen LogP contribution is -2.26. The van der Waals surface area contributed by atoms with E-state index in [2.05, 4.69) is 22.4 Å². The van der Waals surface area contributed by atoms with Gasteiger partial charge in [0.2, 0.25) is 5.91 Å². The van der Waals surface area contributed by atoms with E-state index >= 15 is 0 Å². The molecule has 2 aromatic heterocycles. The minimum atomic E-state index is -0.287. The van der Waals surface area contributed by atoms with Gasteiger partial charge in [0.25, 0.3) is 11.4 Å². The molecule has 1 amide bonds. The third-order valence-electron chi connectivity index (χ3n) is 3.72. The summed E-state index contributed by atoms with van der Waals surface area (Å²) < 4.78 is 6.40. The van der Waals surface area contributed by atoms with Crippen LogP contribution >= 0.6 is 0 Å². The molecule has 0 unspecified atom stereocenters. The molecule has 0 bridgehead atoms. The fourth-order valence-corrected chi connectivity index (χ4v) is 2.37. The lowest BCUT2D eigenvalue weighted by molar-refractivity contribution is -0.116. The highest BCUT2D eigenvalue weighted by Gasteiger charge is 2.10. The number of carbonyl (C=O) groups is 1. The number of amides is 1. The Labute approximate surface area is 144 Å². The van der Waals surface area contributed by atoms with Crippen LogP contribution in [0.4, 0.5) is 5.69 Å². The summed E-state index contributed by atoms with van der Waals surface area (Å²) in [6, 6.07) is 10.6. The number of carbonyl (C=O) groups excluding carboxylic acids is 1. The number of aromatic nitrogens is 3. The van der Waals surface area contributed by atoms with E-state index in [4.69, 9.17) is 4.52 Å². The first-order valence-electron chi connectivity index (χ1n) is 7.95. The van der Waals surface area contributed by atoms with Crippen LogP contribution in [-0.4, -0.2) is 20.6 Å². The second kappa shape index (κ2) is 7.12. The summed E-state index contributed by atoms with van der Waals surface area (Å²) in [5, 5.41) is 6.51. The maximum absolute atomic E-state index is 12.2. The number of hydrogen-bond acceptors (Lipinski definition) is 5. The van der Waals surface area contributed by atoms with Gasteiger partial charge in [-0.2, -0.15) is 4.98 Å². The van der Waals surface area contributed by atoms with Crippen molar-refractivity contribution in [1.29, 1.82) is 0 Å². The Balaban J connectivity index is 1.75. The van der Waals surface area contributed by atoms with Crippen LogP contribution in [0.5, 0.6) is 0 Å². The lowest BCUT2D eigenvalue weighted by atomic mass is 10.1. The third-order valence-corrected chi connectivity index (χ3v) is 3.72. The van der Waals surface area contributed by atoms with Crippen molar-refractivity contribution in [2.24, 2.45) is 0 Å². The fraction of sp³-hybridized carbons (Fsp3) is 0.222. The molecule has 7 heteroatoms. The van der Waals surface area contributed by atoms with Crippen LogP contribution in [0.2, 0.25) is 0 Å². The molecular weight excluding hydrogens is 320 g/mol. The summed E-state index contributed by atoms with van der Waals surface area (Å²) in [4.78, 5) is 28.3. The first-order chi connectivity index (χ1) is 12.0. The van der Waals surface area contributed by atoms with E-state index < -0.39 is 0 Å². The Morgan fingerprint density at radius 3 is 2.60 bits per heavy atom. The van der Waals surface area contributed by atoms with Gasteiger partial charge in [-0.1, -0.05) is 24.2 Å².